The first-order chi connectivity index (χ1) is 11.1. The Labute approximate surface area is 153 Å². The maximum Gasteiger partial charge on any atom is 0.273 e. The van der Waals surface area contributed by atoms with Crippen molar-refractivity contribution in [1.82, 2.24) is 9.88 Å². The molecule has 1 fully saturated rings. The standard InChI is InChI=1S/C18H23N3OS.ClH/c1-12(2)14-5-3-13(4-6-14)10-21(15-7-8-15)18(22)16-11-23-17(9-19)20-16;/h3-6,11-12,15H,7-10,19H2,1-2H3;1H. The first-order valence-electron chi connectivity index (χ1n) is 8.12. The Balaban J connectivity index is 0.00000208. The van der Waals surface area contributed by atoms with Crippen molar-refractivity contribution in [3.05, 3.63) is 51.5 Å². The van der Waals surface area contributed by atoms with Gasteiger partial charge in [-0.25, -0.2) is 4.98 Å². The molecule has 0 radical (unpaired) electrons. The molecule has 0 atom stereocenters. The van der Waals surface area contributed by atoms with E-state index >= 15 is 0 Å². The van der Waals surface area contributed by atoms with E-state index in [0.717, 1.165) is 17.8 Å². The van der Waals surface area contributed by atoms with Gasteiger partial charge < -0.3 is 10.6 Å². The van der Waals surface area contributed by atoms with Gasteiger partial charge in [-0.05, 0) is 29.9 Å². The quantitative estimate of drug-likeness (QED) is 0.843. The number of carbonyl (C=O) groups excluding carboxylic acids is 1. The second-order valence-corrected chi connectivity index (χ2v) is 7.33. The van der Waals surface area contributed by atoms with Crippen LogP contribution >= 0.6 is 23.7 Å². The lowest BCUT2D eigenvalue weighted by molar-refractivity contribution is 0.0724. The Morgan fingerprint density at radius 2 is 2.00 bits per heavy atom. The summed E-state index contributed by atoms with van der Waals surface area (Å²) in [5, 5.41) is 2.63. The summed E-state index contributed by atoms with van der Waals surface area (Å²) in [5.41, 5.74) is 8.62. The number of benzene rings is 1. The van der Waals surface area contributed by atoms with Crippen molar-refractivity contribution in [2.75, 3.05) is 0 Å². The molecule has 1 aromatic heterocycles. The van der Waals surface area contributed by atoms with Crippen molar-refractivity contribution in [3.63, 3.8) is 0 Å². The molecule has 4 nitrogen and oxygen atoms in total. The monoisotopic (exact) mass is 365 g/mol. The van der Waals surface area contributed by atoms with E-state index in [1.807, 2.05) is 10.3 Å². The lowest BCUT2D eigenvalue weighted by atomic mass is 10.0. The predicted molar refractivity (Wildman–Crippen MR) is 101 cm³/mol. The third-order valence-electron chi connectivity index (χ3n) is 4.19. The summed E-state index contributed by atoms with van der Waals surface area (Å²) in [5.74, 6) is 0.547. The minimum atomic E-state index is 0. The summed E-state index contributed by atoms with van der Waals surface area (Å²) in [4.78, 5) is 19.1. The summed E-state index contributed by atoms with van der Waals surface area (Å²) in [6.45, 7) is 5.41. The predicted octanol–water partition coefficient (Wildman–Crippen LogP) is 3.95. The fourth-order valence-electron chi connectivity index (χ4n) is 2.61. The summed E-state index contributed by atoms with van der Waals surface area (Å²) in [7, 11) is 0. The van der Waals surface area contributed by atoms with E-state index in [2.05, 4.69) is 43.1 Å². The van der Waals surface area contributed by atoms with Crippen molar-refractivity contribution in [3.8, 4) is 0 Å². The number of thiazole rings is 1. The summed E-state index contributed by atoms with van der Waals surface area (Å²) >= 11 is 1.46. The molecule has 1 amide bonds. The van der Waals surface area contributed by atoms with Crippen LogP contribution in [0.3, 0.4) is 0 Å². The molecule has 1 aliphatic carbocycles. The number of aromatic nitrogens is 1. The molecular formula is C18H24ClN3OS. The van der Waals surface area contributed by atoms with Crippen LogP contribution in [-0.2, 0) is 13.1 Å². The Kier molecular flexibility index (Phi) is 6.38. The minimum absolute atomic E-state index is 0. The first kappa shape index (κ1) is 18.9. The van der Waals surface area contributed by atoms with E-state index in [1.165, 1.54) is 22.5 Å². The van der Waals surface area contributed by atoms with Crippen molar-refractivity contribution in [2.45, 2.75) is 51.7 Å². The highest BCUT2D eigenvalue weighted by Crippen LogP contribution is 2.30. The van der Waals surface area contributed by atoms with Gasteiger partial charge in [-0.1, -0.05) is 38.1 Å². The van der Waals surface area contributed by atoms with Crippen LogP contribution in [0.25, 0.3) is 0 Å². The summed E-state index contributed by atoms with van der Waals surface area (Å²) < 4.78 is 0. The lowest BCUT2D eigenvalue weighted by Crippen LogP contribution is -2.32. The summed E-state index contributed by atoms with van der Waals surface area (Å²) in [6, 6.07) is 8.93. The van der Waals surface area contributed by atoms with Crippen molar-refractivity contribution >= 4 is 29.7 Å². The molecule has 2 aromatic rings. The van der Waals surface area contributed by atoms with Crippen molar-refractivity contribution < 1.29 is 4.79 Å². The second kappa shape index (κ2) is 8.10. The number of rotatable bonds is 6. The molecule has 1 saturated carbocycles. The van der Waals surface area contributed by atoms with Crippen LogP contribution in [0.15, 0.2) is 29.6 Å². The lowest BCUT2D eigenvalue weighted by Gasteiger charge is -2.22. The molecule has 3 rings (SSSR count). The Morgan fingerprint density at radius 3 is 2.50 bits per heavy atom. The fourth-order valence-corrected chi connectivity index (χ4v) is 3.26. The fraction of sp³-hybridized carbons (Fsp3) is 0.444. The SMILES string of the molecule is CC(C)c1ccc(CN(C(=O)c2csc(CN)n2)C2CC2)cc1.Cl. The molecule has 0 bridgehead atoms. The van der Waals surface area contributed by atoms with Gasteiger partial charge in [0.2, 0.25) is 0 Å². The molecule has 1 aromatic carbocycles. The van der Waals surface area contributed by atoms with Gasteiger partial charge in [-0.3, -0.25) is 4.79 Å². The maximum atomic E-state index is 12.8. The number of nitrogens with two attached hydrogens (primary N) is 1. The highest BCUT2D eigenvalue weighted by atomic mass is 35.5. The van der Waals surface area contributed by atoms with E-state index < -0.39 is 0 Å². The van der Waals surface area contributed by atoms with Crippen LogP contribution < -0.4 is 5.73 Å². The number of hydrogen-bond donors (Lipinski definition) is 1. The highest BCUT2D eigenvalue weighted by Gasteiger charge is 2.33. The number of carbonyl (C=O) groups is 1. The molecule has 2 N–H and O–H groups in total. The second-order valence-electron chi connectivity index (χ2n) is 6.39. The zero-order valence-electron chi connectivity index (χ0n) is 14.1. The van der Waals surface area contributed by atoms with Gasteiger partial charge in [0, 0.05) is 24.5 Å². The number of halogens is 1. The van der Waals surface area contributed by atoms with E-state index in [-0.39, 0.29) is 18.3 Å². The van der Waals surface area contributed by atoms with Crippen LogP contribution in [-0.4, -0.2) is 21.8 Å². The van der Waals surface area contributed by atoms with Gasteiger partial charge in [-0.15, -0.1) is 23.7 Å². The largest absolute Gasteiger partial charge is 0.330 e. The molecule has 130 valence electrons. The van der Waals surface area contributed by atoms with Gasteiger partial charge in [-0.2, -0.15) is 0 Å². The number of hydrogen-bond acceptors (Lipinski definition) is 4. The zero-order chi connectivity index (χ0) is 16.4. The normalized spacial score (nSPS) is 13.7. The maximum absolute atomic E-state index is 12.8. The van der Waals surface area contributed by atoms with Gasteiger partial charge in [0.25, 0.3) is 5.91 Å². The number of nitrogens with zero attached hydrogens (tertiary/aromatic N) is 2. The summed E-state index contributed by atoms with van der Waals surface area (Å²) in [6.07, 6.45) is 2.17. The Morgan fingerprint density at radius 1 is 1.33 bits per heavy atom. The average molecular weight is 366 g/mol. The smallest absolute Gasteiger partial charge is 0.273 e. The first-order valence-corrected chi connectivity index (χ1v) is 9.00. The van der Waals surface area contributed by atoms with Gasteiger partial charge >= 0.3 is 0 Å². The van der Waals surface area contributed by atoms with E-state index in [9.17, 15) is 4.79 Å². The number of amides is 1. The van der Waals surface area contributed by atoms with Crippen LogP contribution in [0.1, 0.15) is 59.2 Å². The molecular weight excluding hydrogens is 342 g/mol. The van der Waals surface area contributed by atoms with E-state index in [1.54, 1.807) is 0 Å². The molecule has 24 heavy (non-hydrogen) atoms. The molecule has 0 aliphatic heterocycles. The van der Waals surface area contributed by atoms with E-state index in [0.29, 0.717) is 30.7 Å². The molecule has 6 heteroatoms. The molecule has 1 aliphatic rings. The van der Waals surface area contributed by atoms with Gasteiger partial charge in [0.15, 0.2) is 0 Å². The van der Waals surface area contributed by atoms with Crippen LogP contribution in [0, 0.1) is 0 Å². The minimum Gasteiger partial charge on any atom is -0.330 e. The van der Waals surface area contributed by atoms with Crippen LogP contribution in [0.2, 0.25) is 0 Å². The van der Waals surface area contributed by atoms with E-state index in [4.69, 9.17) is 5.73 Å². The van der Waals surface area contributed by atoms with Crippen molar-refractivity contribution in [1.29, 1.82) is 0 Å². The third kappa shape index (κ3) is 4.35. The molecule has 0 spiro atoms. The molecule has 1 heterocycles. The molecule has 0 saturated heterocycles. The molecule has 0 unspecified atom stereocenters. The zero-order valence-corrected chi connectivity index (χ0v) is 15.7. The van der Waals surface area contributed by atoms with Gasteiger partial charge in [0.1, 0.15) is 10.7 Å². The Bertz CT molecular complexity index is 680. The third-order valence-corrected chi connectivity index (χ3v) is 5.06. The highest BCUT2D eigenvalue weighted by molar-refractivity contribution is 7.09. The van der Waals surface area contributed by atoms with Crippen LogP contribution in [0.5, 0.6) is 0 Å². The average Bonchev–Trinajstić information content (AvgIpc) is 3.28. The van der Waals surface area contributed by atoms with Crippen LogP contribution in [0.4, 0.5) is 0 Å². The Hall–Kier alpha value is -1.43. The van der Waals surface area contributed by atoms with Crippen molar-refractivity contribution in [2.24, 2.45) is 5.73 Å². The topological polar surface area (TPSA) is 59.2 Å². The van der Waals surface area contributed by atoms with Gasteiger partial charge in [0.05, 0.1) is 0 Å².